The van der Waals surface area contributed by atoms with Crippen molar-refractivity contribution >= 4 is 26.6 Å². The van der Waals surface area contributed by atoms with E-state index < -0.39 is 10.1 Å². The van der Waals surface area contributed by atoms with Crippen molar-refractivity contribution in [2.75, 3.05) is 5.73 Å². The Hall–Kier alpha value is -0.0736. The topological polar surface area (TPSA) is 118 Å². The number of benzene rings is 1. The van der Waals surface area contributed by atoms with Crippen molar-refractivity contribution in [2.24, 2.45) is 0 Å². The summed E-state index contributed by atoms with van der Waals surface area (Å²) in [4.78, 5) is -0.296. The van der Waals surface area contributed by atoms with Gasteiger partial charge in [-0.2, -0.15) is 0 Å². The van der Waals surface area contributed by atoms with E-state index in [1.807, 2.05) is 0 Å². The fourth-order valence-electron chi connectivity index (χ4n) is 1.17. The molecule has 1 heterocycles. The Morgan fingerprint density at radius 2 is 1.89 bits per heavy atom. The predicted molar refractivity (Wildman–Crippen MR) is 63.1 cm³/mol. The first-order valence-electron chi connectivity index (χ1n) is 4.72. The number of nitrogen functional groups attached to an aromatic ring is 1. The number of anilines is 1. The van der Waals surface area contributed by atoms with E-state index in [-0.39, 0.29) is 62.9 Å². The van der Waals surface area contributed by atoms with Crippen LogP contribution in [0.1, 0.15) is 5.01 Å². The van der Waals surface area contributed by atoms with Crippen molar-refractivity contribution < 1.29 is 69.1 Å². The Bertz CT molecular complexity index is 642. The maximum Gasteiger partial charge on any atom is 1.00 e. The molecule has 0 bridgehead atoms. The molecule has 19 heavy (non-hydrogen) atoms. The third kappa shape index (κ3) is 5.08. The molecule has 2 rings (SSSR count). The van der Waals surface area contributed by atoms with Crippen molar-refractivity contribution in [3.05, 3.63) is 29.3 Å². The molecule has 0 fully saturated rings. The van der Waals surface area contributed by atoms with Crippen LogP contribution in [0.5, 0.6) is 5.75 Å². The van der Waals surface area contributed by atoms with Gasteiger partial charge in [0.1, 0.15) is 22.5 Å². The number of aromatic nitrogens is 2. The second kappa shape index (κ2) is 7.08. The van der Waals surface area contributed by atoms with Crippen LogP contribution in [0.15, 0.2) is 29.2 Å². The van der Waals surface area contributed by atoms with E-state index in [4.69, 9.17) is 10.5 Å². The van der Waals surface area contributed by atoms with Gasteiger partial charge in [0.2, 0.25) is 5.13 Å². The van der Waals surface area contributed by atoms with Gasteiger partial charge in [0.25, 0.3) is 0 Å². The normalized spacial score (nSPS) is 10.8. The minimum Gasteiger partial charge on any atom is -0.744 e. The van der Waals surface area contributed by atoms with Crippen LogP contribution in [-0.4, -0.2) is 23.2 Å². The molecule has 10 heteroatoms. The van der Waals surface area contributed by atoms with Gasteiger partial charge in [0.15, 0.2) is 5.01 Å². The van der Waals surface area contributed by atoms with E-state index in [1.165, 1.54) is 35.6 Å². The first-order chi connectivity index (χ1) is 8.45. The predicted octanol–water partition coefficient (Wildman–Crippen LogP) is -2.39. The molecule has 0 amide bonds. The number of nitrogens with zero attached hydrogens (tertiary/aromatic N) is 2. The molecule has 0 unspecified atom stereocenters. The fourth-order valence-corrected chi connectivity index (χ4v) is 2.16. The molecule has 0 saturated carbocycles. The number of hydrogen-bond donors (Lipinski definition) is 1. The summed E-state index contributed by atoms with van der Waals surface area (Å²) in [6, 6.07) is 5.17. The Balaban J connectivity index is 0.00000180. The first-order valence-corrected chi connectivity index (χ1v) is 6.94. The van der Waals surface area contributed by atoms with Gasteiger partial charge in [-0.15, -0.1) is 10.2 Å². The molecule has 1 aromatic heterocycles. The fraction of sp³-hybridized carbons (Fsp3) is 0.111. The van der Waals surface area contributed by atoms with Crippen LogP contribution in [-0.2, 0) is 16.7 Å². The summed E-state index contributed by atoms with van der Waals surface area (Å²) in [7, 11) is -4.43. The maximum absolute atomic E-state index is 10.7. The zero-order valence-corrected chi connectivity index (χ0v) is 14.7. The van der Waals surface area contributed by atoms with Crippen LogP contribution in [0, 0.1) is 0 Å². The van der Waals surface area contributed by atoms with Gasteiger partial charge in [-0.25, -0.2) is 8.42 Å². The van der Waals surface area contributed by atoms with Crippen molar-refractivity contribution in [3.8, 4) is 5.75 Å². The molecule has 0 spiro atoms. The molecule has 2 N–H and O–H groups in total. The third-order valence-corrected chi connectivity index (χ3v) is 3.53. The summed E-state index contributed by atoms with van der Waals surface area (Å²) in [6.45, 7) is 0.179. The van der Waals surface area contributed by atoms with Crippen molar-refractivity contribution in [1.82, 2.24) is 10.2 Å². The maximum atomic E-state index is 10.7. The van der Waals surface area contributed by atoms with E-state index in [0.717, 1.165) is 0 Å². The van der Waals surface area contributed by atoms with Crippen LogP contribution >= 0.6 is 11.3 Å². The number of nitrogens with two attached hydrogens (primary N) is 1. The molecule has 7 nitrogen and oxygen atoms in total. The average molecular weight is 325 g/mol. The Kier molecular flexibility index (Phi) is 6.33. The molecular formula is C9H8KN3O4S2. The molecule has 0 aliphatic rings. The van der Waals surface area contributed by atoms with Gasteiger partial charge >= 0.3 is 51.4 Å². The standard InChI is InChI=1S/C9H9N3O4S2.K/c10-9-12-11-8(17-9)5-16-6-1-3-7(4-2-6)18(13,14)15;/h1-4H,5H2,(H2,10,12)(H,13,14,15);/q;+1/p-1. The minimum atomic E-state index is -4.43. The van der Waals surface area contributed by atoms with E-state index in [2.05, 4.69) is 10.2 Å². The molecule has 1 aromatic carbocycles. The summed E-state index contributed by atoms with van der Waals surface area (Å²) in [5, 5.41) is 8.33. The van der Waals surface area contributed by atoms with Gasteiger partial charge in [-0.3, -0.25) is 0 Å². The van der Waals surface area contributed by atoms with Crippen LogP contribution in [0.25, 0.3) is 0 Å². The van der Waals surface area contributed by atoms with Gasteiger partial charge in [-0.05, 0) is 24.3 Å². The quantitative estimate of drug-likeness (QED) is 0.492. The van der Waals surface area contributed by atoms with Crippen LogP contribution in [0.3, 0.4) is 0 Å². The molecule has 2 aromatic rings. The van der Waals surface area contributed by atoms with E-state index in [0.29, 0.717) is 15.9 Å². The van der Waals surface area contributed by atoms with Crippen LogP contribution < -0.4 is 61.9 Å². The smallest absolute Gasteiger partial charge is 0.744 e. The SMILES string of the molecule is Nc1nnc(COc2ccc(S(=O)(=O)[O-])cc2)s1.[K+]. The second-order valence-corrected chi connectivity index (χ2v) is 5.72. The first kappa shape index (κ1) is 17.0. The Morgan fingerprint density at radius 3 is 2.37 bits per heavy atom. The number of rotatable bonds is 4. The average Bonchev–Trinajstić information content (AvgIpc) is 2.72. The van der Waals surface area contributed by atoms with Crippen molar-refractivity contribution in [1.29, 1.82) is 0 Å². The third-order valence-electron chi connectivity index (χ3n) is 1.96. The van der Waals surface area contributed by atoms with Gasteiger partial charge in [0, 0.05) is 0 Å². The summed E-state index contributed by atoms with van der Waals surface area (Å²) in [5.41, 5.74) is 5.40. The van der Waals surface area contributed by atoms with Gasteiger partial charge in [-0.1, -0.05) is 11.3 Å². The Morgan fingerprint density at radius 1 is 1.26 bits per heavy atom. The minimum absolute atomic E-state index is 0. The molecule has 0 atom stereocenters. The number of hydrogen-bond acceptors (Lipinski definition) is 8. The molecule has 96 valence electrons. The summed E-state index contributed by atoms with van der Waals surface area (Å²) in [5.74, 6) is 0.427. The van der Waals surface area contributed by atoms with Crippen molar-refractivity contribution in [3.63, 3.8) is 0 Å². The zero-order valence-electron chi connectivity index (χ0n) is 9.94. The molecule has 0 radical (unpaired) electrons. The van der Waals surface area contributed by atoms with Gasteiger partial charge < -0.3 is 15.0 Å². The van der Waals surface area contributed by atoms with E-state index >= 15 is 0 Å². The molecule has 0 aliphatic heterocycles. The summed E-state index contributed by atoms with van der Waals surface area (Å²) < 4.78 is 37.4. The molecule has 0 aliphatic carbocycles. The van der Waals surface area contributed by atoms with Crippen LogP contribution in [0.4, 0.5) is 5.13 Å². The second-order valence-electron chi connectivity index (χ2n) is 3.25. The van der Waals surface area contributed by atoms with Crippen LogP contribution in [0.2, 0.25) is 0 Å². The van der Waals surface area contributed by atoms with Crippen molar-refractivity contribution in [2.45, 2.75) is 11.5 Å². The summed E-state index contributed by atoms with van der Waals surface area (Å²) >= 11 is 1.20. The Labute approximate surface area is 156 Å². The van der Waals surface area contributed by atoms with E-state index in [1.54, 1.807) is 0 Å². The van der Waals surface area contributed by atoms with E-state index in [9.17, 15) is 13.0 Å². The molecule has 0 saturated heterocycles. The zero-order chi connectivity index (χ0) is 13.2. The molecular weight excluding hydrogens is 317 g/mol. The monoisotopic (exact) mass is 325 g/mol. The largest absolute Gasteiger partial charge is 1.00 e. The van der Waals surface area contributed by atoms with Gasteiger partial charge in [0.05, 0.1) is 4.90 Å². The number of ether oxygens (including phenoxy) is 1. The summed E-state index contributed by atoms with van der Waals surface area (Å²) in [6.07, 6.45) is 0.